The van der Waals surface area contributed by atoms with Crippen LogP contribution in [0.2, 0.25) is 0 Å². The van der Waals surface area contributed by atoms with Gasteiger partial charge in [-0.25, -0.2) is 13.1 Å². The number of nitrogens with zero attached hydrogens (tertiary/aromatic N) is 1. The van der Waals surface area contributed by atoms with Crippen molar-refractivity contribution < 1.29 is 22.4 Å². The molecule has 10 heteroatoms. The van der Waals surface area contributed by atoms with E-state index in [9.17, 15) is 8.42 Å². The predicted octanol–water partition coefficient (Wildman–Crippen LogP) is 5.08. The highest BCUT2D eigenvalue weighted by Crippen LogP contribution is 2.39. The zero-order valence-corrected chi connectivity index (χ0v) is 18.9. The zero-order chi connectivity index (χ0) is 20.9. The molecule has 0 bridgehead atoms. The predicted molar refractivity (Wildman–Crippen MR) is 117 cm³/mol. The van der Waals surface area contributed by atoms with Gasteiger partial charge in [0.2, 0.25) is 6.79 Å². The van der Waals surface area contributed by atoms with Crippen molar-refractivity contribution in [2.45, 2.75) is 18.2 Å². The monoisotopic (exact) mass is 506 g/mol. The fourth-order valence-corrected chi connectivity index (χ4v) is 6.67. The number of nitrogens with one attached hydrogen (secondary N) is 1. The Morgan fingerprint density at radius 3 is 2.77 bits per heavy atom. The Morgan fingerprint density at radius 1 is 1.17 bits per heavy atom. The van der Waals surface area contributed by atoms with Crippen molar-refractivity contribution in [2.75, 3.05) is 11.5 Å². The third kappa shape index (κ3) is 3.34. The van der Waals surface area contributed by atoms with Crippen LogP contribution >= 0.6 is 27.3 Å². The van der Waals surface area contributed by atoms with Crippen molar-refractivity contribution in [1.82, 2.24) is 5.16 Å². The number of thiophene rings is 1. The highest BCUT2D eigenvalue weighted by Gasteiger charge is 2.27. The lowest BCUT2D eigenvalue weighted by atomic mass is 10.1. The van der Waals surface area contributed by atoms with E-state index in [0.29, 0.717) is 33.5 Å². The smallest absolute Gasteiger partial charge is 0.266 e. The van der Waals surface area contributed by atoms with Gasteiger partial charge >= 0.3 is 0 Å². The van der Waals surface area contributed by atoms with E-state index in [1.165, 1.54) is 11.3 Å². The number of hydrogen-bond donors (Lipinski definition) is 1. The van der Waals surface area contributed by atoms with E-state index in [0.717, 1.165) is 15.1 Å². The van der Waals surface area contributed by atoms with Crippen molar-refractivity contribution in [3.63, 3.8) is 0 Å². The van der Waals surface area contributed by atoms with Gasteiger partial charge < -0.3 is 14.0 Å². The Balaban J connectivity index is 1.59. The molecule has 7 nitrogen and oxygen atoms in total. The molecular formula is C20H15BrN2O5S2. The molecular weight excluding hydrogens is 492 g/mol. The number of hydrogen-bond acceptors (Lipinski definition) is 7. The number of anilines is 1. The maximum absolute atomic E-state index is 13.4. The van der Waals surface area contributed by atoms with Crippen molar-refractivity contribution in [2.24, 2.45) is 0 Å². The quantitative estimate of drug-likeness (QED) is 0.405. The van der Waals surface area contributed by atoms with Gasteiger partial charge in [-0.05, 0) is 46.6 Å². The summed E-state index contributed by atoms with van der Waals surface area (Å²) in [7, 11) is -3.93. The zero-order valence-electron chi connectivity index (χ0n) is 15.6. The van der Waals surface area contributed by atoms with Gasteiger partial charge in [-0.3, -0.25) is 0 Å². The van der Waals surface area contributed by atoms with Crippen molar-refractivity contribution >= 4 is 53.3 Å². The molecule has 5 rings (SSSR count). The summed E-state index contributed by atoms with van der Waals surface area (Å²) in [5, 5.41) is 4.46. The van der Waals surface area contributed by atoms with Crippen LogP contribution in [0.25, 0.3) is 10.1 Å². The van der Waals surface area contributed by atoms with Gasteiger partial charge in [0.25, 0.3) is 15.9 Å². The highest BCUT2D eigenvalue weighted by atomic mass is 79.9. The number of benzene rings is 2. The fraction of sp³-hybridized carbons (Fsp3) is 0.150. The van der Waals surface area contributed by atoms with Crippen LogP contribution in [0.3, 0.4) is 0 Å². The summed E-state index contributed by atoms with van der Waals surface area (Å²) in [6.07, 6.45) is 0.433. The minimum absolute atomic E-state index is 0.0526. The number of fused-ring (bicyclic) bond motifs is 2. The topological polar surface area (TPSA) is 90.7 Å². The van der Waals surface area contributed by atoms with Crippen LogP contribution in [0, 0.1) is 6.92 Å². The fourth-order valence-electron chi connectivity index (χ4n) is 3.31. The van der Waals surface area contributed by atoms with Gasteiger partial charge in [0.15, 0.2) is 11.5 Å². The molecule has 3 heterocycles. The molecule has 0 amide bonds. The third-order valence-corrected chi connectivity index (χ3v) is 8.40. The first-order valence-electron chi connectivity index (χ1n) is 8.96. The number of aryl methyl sites for hydroxylation is 1. The average molecular weight is 507 g/mol. The van der Waals surface area contributed by atoms with Crippen LogP contribution in [0.15, 0.2) is 56.4 Å². The first-order chi connectivity index (χ1) is 14.4. The molecule has 4 aromatic rings. The molecule has 0 saturated carbocycles. The minimum Gasteiger partial charge on any atom is -0.454 e. The second kappa shape index (κ2) is 7.29. The van der Waals surface area contributed by atoms with E-state index in [1.54, 1.807) is 6.92 Å². The van der Waals surface area contributed by atoms with Crippen LogP contribution in [0.5, 0.6) is 11.5 Å². The van der Waals surface area contributed by atoms with E-state index in [-0.39, 0.29) is 17.6 Å². The van der Waals surface area contributed by atoms with Gasteiger partial charge in [0.1, 0.15) is 9.37 Å². The van der Waals surface area contributed by atoms with Crippen molar-refractivity contribution in [1.29, 1.82) is 0 Å². The minimum atomic E-state index is -3.93. The van der Waals surface area contributed by atoms with Gasteiger partial charge in [-0.1, -0.05) is 29.4 Å². The second-order valence-corrected chi connectivity index (χ2v) is 10.3. The molecule has 0 aliphatic carbocycles. The lowest BCUT2D eigenvalue weighted by Gasteiger charge is -2.08. The maximum atomic E-state index is 13.4. The number of aromatic nitrogens is 1. The standard InChI is InChI=1S/C20H15BrN2O5S2/c1-11-18(21)20(28-22-11)23-30(24,25)19-13-4-2-3-5-16(13)29-17(19)9-12-6-7-14-15(8-12)27-10-26-14/h2-8,23H,9-10H2,1H3. The Labute approximate surface area is 184 Å². The number of sulfonamides is 1. The molecule has 2 aromatic carbocycles. The Bertz CT molecular complexity index is 1380. The third-order valence-electron chi connectivity index (χ3n) is 4.71. The largest absolute Gasteiger partial charge is 0.454 e. The lowest BCUT2D eigenvalue weighted by molar-refractivity contribution is 0.174. The molecule has 0 atom stereocenters. The summed E-state index contributed by atoms with van der Waals surface area (Å²) >= 11 is 4.76. The molecule has 0 spiro atoms. The van der Waals surface area contributed by atoms with Gasteiger partial charge in [0.05, 0.1) is 5.69 Å². The highest BCUT2D eigenvalue weighted by molar-refractivity contribution is 9.10. The summed E-state index contributed by atoms with van der Waals surface area (Å²) in [6.45, 7) is 1.91. The Hall–Kier alpha value is -2.56. The lowest BCUT2D eigenvalue weighted by Crippen LogP contribution is -2.14. The molecule has 1 N–H and O–H groups in total. The summed E-state index contributed by atoms with van der Waals surface area (Å²) in [5.74, 6) is 1.41. The summed E-state index contributed by atoms with van der Waals surface area (Å²) in [6, 6.07) is 13.1. The summed E-state index contributed by atoms with van der Waals surface area (Å²) in [4.78, 5) is 0.955. The van der Waals surface area contributed by atoms with Crippen LogP contribution in [-0.4, -0.2) is 20.4 Å². The average Bonchev–Trinajstić information content (AvgIpc) is 3.41. The summed E-state index contributed by atoms with van der Waals surface area (Å²) < 4.78 is 46.6. The maximum Gasteiger partial charge on any atom is 0.266 e. The molecule has 0 saturated heterocycles. The summed E-state index contributed by atoms with van der Waals surface area (Å²) in [5.41, 5.74) is 1.49. The Kier molecular flexibility index (Phi) is 4.72. The van der Waals surface area contributed by atoms with Gasteiger partial charge in [0, 0.05) is 21.4 Å². The molecule has 154 valence electrons. The molecule has 1 aliphatic heterocycles. The first kappa shape index (κ1) is 19.4. The van der Waals surface area contributed by atoms with Crippen LogP contribution in [-0.2, 0) is 16.4 Å². The van der Waals surface area contributed by atoms with Crippen molar-refractivity contribution in [3.8, 4) is 11.5 Å². The second-order valence-electron chi connectivity index (χ2n) is 6.73. The van der Waals surface area contributed by atoms with Crippen molar-refractivity contribution in [3.05, 3.63) is 63.1 Å². The Morgan fingerprint density at radius 2 is 1.97 bits per heavy atom. The van der Waals surface area contributed by atoms with Crippen LogP contribution in [0.1, 0.15) is 16.1 Å². The number of halogens is 1. The van der Waals surface area contributed by atoms with Gasteiger partial charge in [-0.15, -0.1) is 11.3 Å². The van der Waals surface area contributed by atoms with Gasteiger partial charge in [-0.2, -0.15) is 0 Å². The van der Waals surface area contributed by atoms with E-state index in [2.05, 4.69) is 25.8 Å². The van der Waals surface area contributed by atoms with E-state index < -0.39 is 10.0 Å². The number of ether oxygens (including phenoxy) is 2. The van der Waals surface area contributed by atoms with E-state index >= 15 is 0 Å². The molecule has 0 radical (unpaired) electrons. The number of rotatable bonds is 5. The van der Waals surface area contributed by atoms with Crippen LogP contribution < -0.4 is 14.2 Å². The molecule has 2 aromatic heterocycles. The molecule has 0 fully saturated rings. The first-order valence-corrected chi connectivity index (χ1v) is 12.0. The molecule has 1 aliphatic rings. The SMILES string of the molecule is Cc1noc(NS(=O)(=O)c2c(Cc3ccc4c(c3)OCO4)sc3ccccc23)c1Br. The van der Waals surface area contributed by atoms with E-state index in [1.807, 2.05) is 42.5 Å². The normalized spacial score (nSPS) is 13.1. The molecule has 0 unspecified atom stereocenters. The van der Waals surface area contributed by atoms with E-state index in [4.69, 9.17) is 14.0 Å². The van der Waals surface area contributed by atoms with Crippen LogP contribution in [0.4, 0.5) is 5.88 Å². The molecule has 30 heavy (non-hydrogen) atoms.